The third kappa shape index (κ3) is 8.28. The molecule has 1 aliphatic heterocycles. The van der Waals surface area contributed by atoms with E-state index in [1.54, 1.807) is 12.1 Å². The molecule has 0 radical (unpaired) electrons. The van der Waals surface area contributed by atoms with Crippen molar-refractivity contribution < 1.29 is 26.3 Å². The molecule has 4 rings (SSSR count). The number of hydrogen-bond donors (Lipinski definition) is 1. The molecule has 0 spiro atoms. The Morgan fingerprint density at radius 2 is 1.16 bits per heavy atom. The summed E-state index contributed by atoms with van der Waals surface area (Å²) in [6.07, 6.45) is -8.00. The van der Waals surface area contributed by atoms with Crippen LogP contribution in [0.15, 0.2) is 66.7 Å². The second-order valence-corrected chi connectivity index (χ2v) is 9.54. The summed E-state index contributed by atoms with van der Waals surface area (Å²) >= 11 is 0. The van der Waals surface area contributed by atoms with Crippen molar-refractivity contribution in [1.82, 2.24) is 20.1 Å². The minimum absolute atomic E-state index is 0.346. The van der Waals surface area contributed by atoms with Crippen LogP contribution in [0.3, 0.4) is 0 Å². The normalized spacial score (nSPS) is 16.9. The van der Waals surface area contributed by atoms with Crippen molar-refractivity contribution >= 4 is 0 Å². The quantitative estimate of drug-likeness (QED) is 0.408. The fourth-order valence-electron chi connectivity index (χ4n) is 4.59. The van der Waals surface area contributed by atoms with Gasteiger partial charge >= 0.3 is 12.4 Å². The number of aromatic nitrogens is 1. The number of halogens is 6. The van der Waals surface area contributed by atoms with Crippen molar-refractivity contribution in [2.24, 2.45) is 0 Å². The van der Waals surface area contributed by atoms with Crippen LogP contribution in [0.1, 0.15) is 40.1 Å². The van der Waals surface area contributed by atoms with Gasteiger partial charge in [0.2, 0.25) is 0 Å². The molecule has 2 bridgehead atoms. The number of benzene rings is 2. The average Bonchev–Trinajstić information content (AvgIpc) is 2.86. The van der Waals surface area contributed by atoms with E-state index in [1.807, 2.05) is 18.2 Å². The highest BCUT2D eigenvalue weighted by Crippen LogP contribution is 2.31. The van der Waals surface area contributed by atoms with Crippen LogP contribution < -0.4 is 5.32 Å². The number of pyridine rings is 1. The summed E-state index contributed by atoms with van der Waals surface area (Å²) in [5.41, 5.74) is 1.41. The van der Waals surface area contributed by atoms with Crippen molar-refractivity contribution in [2.75, 3.05) is 26.2 Å². The van der Waals surface area contributed by atoms with E-state index in [2.05, 4.69) is 15.1 Å². The number of fused-ring (bicyclic) bond motifs is 2. The SMILES string of the molecule is FC(F)(F)c1cccc(CN2CCCNCCN(Cc3cccc(C(F)(F)F)c3)Cc3cccc(n3)C2)c1. The molecule has 1 aromatic heterocycles. The van der Waals surface area contributed by atoms with E-state index in [0.717, 1.165) is 29.9 Å². The maximum atomic E-state index is 13.2. The summed E-state index contributed by atoms with van der Waals surface area (Å²) in [7, 11) is 0. The maximum absolute atomic E-state index is 13.2. The minimum Gasteiger partial charge on any atom is -0.315 e. The minimum atomic E-state index is -4.40. The van der Waals surface area contributed by atoms with Crippen molar-refractivity contribution in [2.45, 2.75) is 45.0 Å². The molecule has 204 valence electrons. The lowest BCUT2D eigenvalue weighted by molar-refractivity contribution is -0.138. The number of alkyl halides is 6. The van der Waals surface area contributed by atoms with Crippen LogP contribution >= 0.6 is 0 Å². The van der Waals surface area contributed by atoms with E-state index in [1.165, 1.54) is 24.3 Å². The second kappa shape index (κ2) is 12.3. The van der Waals surface area contributed by atoms with Gasteiger partial charge in [-0.2, -0.15) is 26.3 Å². The van der Waals surface area contributed by atoms with E-state index in [9.17, 15) is 26.3 Å². The van der Waals surface area contributed by atoms with Gasteiger partial charge in [-0.25, -0.2) is 0 Å². The van der Waals surface area contributed by atoms with Gasteiger partial charge in [-0.3, -0.25) is 14.8 Å². The smallest absolute Gasteiger partial charge is 0.315 e. The predicted octanol–water partition coefficient (Wildman–Crippen LogP) is 6.12. The van der Waals surface area contributed by atoms with Gasteiger partial charge in [-0.15, -0.1) is 0 Å². The van der Waals surface area contributed by atoms with Crippen LogP contribution in [-0.4, -0.2) is 41.0 Å². The van der Waals surface area contributed by atoms with Gasteiger partial charge in [0, 0.05) is 45.8 Å². The third-order valence-electron chi connectivity index (χ3n) is 6.39. The van der Waals surface area contributed by atoms with Crippen LogP contribution in [0.4, 0.5) is 26.3 Å². The van der Waals surface area contributed by atoms with Crippen LogP contribution in [0.5, 0.6) is 0 Å². The third-order valence-corrected chi connectivity index (χ3v) is 6.39. The van der Waals surface area contributed by atoms with Gasteiger partial charge in [-0.1, -0.05) is 42.5 Å². The topological polar surface area (TPSA) is 31.4 Å². The van der Waals surface area contributed by atoms with E-state index in [-0.39, 0.29) is 0 Å². The zero-order valence-electron chi connectivity index (χ0n) is 20.8. The predicted molar refractivity (Wildman–Crippen MR) is 133 cm³/mol. The molecule has 0 saturated heterocycles. The molecule has 0 amide bonds. The molecule has 0 unspecified atom stereocenters. The first-order valence-electron chi connectivity index (χ1n) is 12.5. The van der Waals surface area contributed by atoms with E-state index < -0.39 is 23.5 Å². The molecule has 38 heavy (non-hydrogen) atoms. The lowest BCUT2D eigenvalue weighted by Gasteiger charge is -2.23. The van der Waals surface area contributed by atoms with E-state index in [4.69, 9.17) is 4.98 Å². The summed E-state index contributed by atoms with van der Waals surface area (Å²) in [5, 5.41) is 3.38. The summed E-state index contributed by atoms with van der Waals surface area (Å²) < 4.78 is 79.1. The Balaban J connectivity index is 1.50. The van der Waals surface area contributed by atoms with Gasteiger partial charge in [0.05, 0.1) is 22.5 Å². The molecule has 2 heterocycles. The molecule has 1 N–H and O–H groups in total. The molecule has 0 aliphatic carbocycles. The Hall–Kier alpha value is -2.95. The highest BCUT2D eigenvalue weighted by atomic mass is 19.4. The van der Waals surface area contributed by atoms with Gasteiger partial charge in [-0.05, 0) is 48.4 Å². The summed E-state index contributed by atoms with van der Waals surface area (Å²) in [6, 6.07) is 16.4. The standard InChI is InChI=1S/C28H30F6N4/c29-27(30,31)23-7-1-5-21(15-23)17-37-13-4-11-35-12-14-38(20-26-10-3-9-25(19-37)36-26)18-22-6-2-8-24(16-22)28(32,33)34/h1-3,5-10,15-16,35H,4,11-14,17-20H2. The molecule has 0 saturated carbocycles. The van der Waals surface area contributed by atoms with Crippen LogP contribution in [0.25, 0.3) is 0 Å². The molecule has 3 aromatic rings. The van der Waals surface area contributed by atoms with Crippen molar-refractivity contribution in [3.8, 4) is 0 Å². The Labute approximate surface area is 218 Å². The summed E-state index contributed by atoms with van der Waals surface area (Å²) in [5.74, 6) is 0. The fourth-order valence-corrected chi connectivity index (χ4v) is 4.59. The van der Waals surface area contributed by atoms with Crippen molar-refractivity contribution in [3.63, 3.8) is 0 Å². The van der Waals surface area contributed by atoms with E-state index in [0.29, 0.717) is 63.5 Å². The molecule has 0 fully saturated rings. The highest BCUT2D eigenvalue weighted by molar-refractivity contribution is 5.27. The first-order chi connectivity index (χ1) is 18.1. The molecule has 2 aromatic carbocycles. The number of nitrogens with zero attached hydrogens (tertiary/aromatic N) is 3. The van der Waals surface area contributed by atoms with Crippen LogP contribution in [0, 0.1) is 0 Å². The molecule has 0 atom stereocenters. The fraction of sp³-hybridized carbons (Fsp3) is 0.393. The lowest BCUT2D eigenvalue weighted by Crippen LogP contribution is -2.33. The van der Waals surface area contributed by atoms with Crippen LogP contribution in [-0.2, 0) is 38.5 Å². The number of nitrogens with one attached hydrogen (secondary N) is 1. The van der Waals surface area contributed by atoms with Gasteiger partial charge in [0.15, 0.2) is 0 Å². The molecule has 10 heteroatoms. The Kier molecular flexibility index (Phi) is 9.07. The zero-order chi connectivity index (χ0) is 27.2. The average molecular weight is 537 g/mol. The molecular formula is C28H30F6N4. The Bertz CT molecular complexity index is 1110. The van der Waals surface area contributed by atoms with Gasteiger partial charge in [0.25, 0.3) is 0 Å². The van der Waals surface area contributed by atoms with Gasteiger partial charge in [0.1, 0.15) is 0 Å². The molecule has 4 nitrogen and oxygen atoms in total. The number of hydrogen-bond acceptors (Lipinski definition) is 4. The van der Waals surface area contributed by atoms with Crippen molar-refractivity contribution in [1.29, 1.82) is 0 Å². The van der Waals surface area contributed by atoms with Gasteiger partial charge < -0.3 is 5.32 Å². The first-order valence-corrected chi connectivity index (χ1v) is 12.5. The first kappa shape index (κ1) is 28.1. The largest absolute Gasteiger partial charge is 0.416 e. The van der Waals surface area contributed by atoms with Crippen LogP contribution in [0.2, 0.25) is 0 Å². The second-order valence-electron chi connectivity index (χ2n) is 9.54. The monoisotopic (exact) mass is 536 g/mol. The van der Waals surface area contributed by atoms with E-state index >= 15 is 0 Å². The maximum Gasteiger partial charge on any atom is 0.416 e. The molecule has 1 aliphatic rings. The Morgan fingerprint density at radius 1 is 0.658 bits per heavy atom. The summed E-state index contributed by atoms with van der Waals surface area (Å²) in [4.78, 5) is 8.92. The lowest BCUT2D eigenvalue weighted by atomic mass is 10.1. The summed E-state index contributed by atoms with van der Waals surface area (Å²) in [6.45, 7) is 4.28. The molecular weight excluding hydrogens is 506 g/mol. The Morgan fingerprint density at radius 3 is 1.68 bits per heavy atom. The van der Waals surface area contributed by atoms with Crippen molar-refractivity contribution in [3.05, 3.63) is 100 Å². The zero-order valence-corrected chi connectivity index (χ0v) is 20.8. The highest BCUT2D eigenvalue weighted by Gasteiger charge is 2.31. The number of rotatable bonds is 4.